The van der Waals surface area contributed by atoms with E-state index in [0.717, 1.165) is 4.31 Å². The summed E-state index contributed by atoms with van der Waals surface area (Å²) in [6, 6.07) is 17.6. The highest BCUT2D eigenvalue weighted by Crippen LogP contribution is 2.25. The van der Waals surface area contributed by atoms with Crippen LogP contribution in [0.4, 0.5) is 11.4 Å². The first-order valence-corrected chi connectivity index (χ1v) is 10.8. The molecule has 0 radical (unpaired) electrons. The monoisotopic (exact) mass is 456 g/mol. The van der Waals surface area contributed by atoms with Crippen LogP contribution in [0.15, 0.2) is 77.7 Å². The molecule has 3 rings (SSSR count). The Hall–Kier alpha value is -3.92. The van der Waals surface area contributed by atoms with Gasteiger partial charge in [0, 0.05) is 19.2 Å². The number of ether oxygens (including phenoxy) is 2. The minimum atomic E-state index is -3.93. The normalized spacial score (nSPS) is 10.9. The van der Waals surface area contributed by atoms with E-state index in [9.17, 15) is 23.3 Å². The molecule has 0 heterocycles. The number of esters is 1. The largest absolute Gasteiger partial charge is 0.497 e. The standard InChI is InChI=1S/C22H20N2O7S/c1-23(18-10-12-20(30-2)13-11-18)32(28,29)21-5-3-4-17(14-21)22(25)31-15-16-6-8-19(9-7-16)24(26)27/h3-14H,15H2,1-2H3. The third-order valence-corrected chi connectivity index (χ3v) is 6.46. The van der Waals surface area contributed by atoms with Crippen molar-refractivity contribution < 1.29 is 27.6 Å². The Balaban J connectivity index is 1.74. The van der Waals surface area contributed by atoms with Crippen molar-refractivity contribution in [3.8, 4) is 5.75 Å². The van der Waals surface area contributed by atoms with Gasteiger partial charge in [0.15, 0.2) is 0 Å². The zero-order chi connectivity index (χ0) is 23.3. The second kappa shape index (κ2) is 9.48. The number of nitrogens with zero attached hydrogens (tertiary/aromatic N) is 2. The van der Waals surface area contributed by atoms with E-state index in [1.165, 1.54) is 62.7 Å². The van der Waals surface area contributed by atoms with Gasteiger partial charge in [0.25, 0.3) is 15.7 Å². The molecule has 0 N–H and O–H groups in total. The Morgan fingerprint density at radius 2 is 1.69 bits per heavy atom. The number of nitro benzene ring substituents is 1. The van der Waals surface area contributed by atoms with Gasteiger partial charge in [0.05, 0.1) is 28.2 Å². The van der Waals surface area contributed by atoms with E-state index in [-0.39, 0.29) is 22.8 Å². The molecule has 0 saturated heterocycles. The van der Waals surface area contributed by atoms with E-state index in [1.807, 2.05) is 0 Å². The number of hydrogen-bond acceptors (Lipinski definition) is 7. The van der Waals surface area contributed by atoms with Gasteiger partial charge < -0.3 is 9.47 Å². The van der Waals surface area contributed by atoms with Gasteiger partial charge in [0.1, 0.15) is 12.4 Å². The Morgan fingerprint density at radius 1 is 1.03 bits per heavy atom. The summed E-state index contributed by atoms with van der Waals surface area (Å²) in [5, 5.41) is 10.7. The van der Waals surface area contributed by atoms with Crippen molar-refractivity contribution in [1.29, 1.82) is 0 Å². The van der Waals surface area contributed by atoms with Gasteiger partial charge in [-0.2, -0.15) is 0 Å². The van der Waals surface area contributed by atoms with E-state index < -0.39 is 20.9 Å². The summed E-state index contributed by atoms with van der Waals surface area (Å²) in [5.74, 6) is -0.121. The number of hydrogen-bond donors (Lipinski definition) is 0. The molecule has 3 aromatic carbocycles. The molecule has 9 nitrogen and oxygen atoms in total. The van der Waals surface area contributed by atoms with Crippen molar-refractivity contribution in [1.82, 2.24) is 0 Å². The van der Waals surface area contributed by atoms with Gasteiger partial charge >= 0.3 is 5.97 Å². The maximum atomic E-state index is 13.0. The molecule has 32 heavy (non-hydrogen) atoms. The first kappa shape index (κ1) is 22.8. The van der Waals surface area contributed by atoms with Gasteiger partial charge in [0.2, 0.25) is 0 Å². The smallest absolute Gasteiger partial charge is 0.338 e. The van der Waals surface area contributed by atoms with Crippen LogP contribution in [-0.4, -0.2) is 33.5 Å². The summed E-state index contributed by atoms with van der Waals surface area (Å²) < 4.78 is 37.4. The van der Waals surface area contributed by atoms with Gasteiger partial charge in [-0.1, -0.05) is 6.07 Å². The molecule has 10 heteroatoms. The highest BCUT2D eigenvalue weighted by molar-refractivity contribution is 7.92. The van der Waals surface area contributed by atoms with Gasteiger partial charge in [-0.25, -0.2) is 13.2 Å². The number of nitro groups is 1. The Kier molecular flexibility index (Phi) is 6.74. The molecule has 0 aromatic heterocycles. The summed E-state index contributed by atoms with van der Waals surface area (Å²) in [7, 11) is -0.998. The van der Waals surface area contributed by atoms with Crippen LogP contribution < -0.4 is 9.04 Å². The van der Waals surface area contributed by atoms with Crippen molar-refractivity contribution in [3.63, 3.8) is 0 Å². The van der Waals surface area contributed by atoms with Crippen molar-refractivity contribution in [3.05, 3.63) is 94.0 Å². The van der Waals surface area contributed by atoms with Crippen molar-refractivity contribution >= 4 is 27.4 Å². The Bertz CT molecular complexity index is 1220. The van der Waals surface area contributed by atoms with E-state index in [2.05, 4.69) is 0 Å². The minimum Gasteiger partial charge on any atom is -0.497 e. The van der Waals surface area contributed by atoms with Crippen LogP contribution in [0, 0.1) is 10.1 Å². The third kappa shape index (κ3) is 5.03. The molecule has 0 saturated carbocycles. The summed E-state index contributed by atoms with van der Waals surface area (Å²) >= 11 is 0. The van der Waals surface area contributed by atoms with E-state index in [0.29, 0.717) is 17.0 Å². The number of methoxy groups -OCH3 is 1. The van der Waals surface area contributed by atoms with Crippen LogP contribution in [-0.2, 0) is 21.4 Å². The Morgan fingerprint density at radius 3 is 2.28 bits per heavy atom. The average molecular weight is 456 g/mol. The Labute approximate surface area is 185 Å². The molecule has 0 aliphatic carbocycles. The van der Waals surface area contributed by atoms with E-state index in [1.54, 1.807) is 24.3 Å². The quantitative estimate of drug-likeness (QED) is 0.288. The highest BCUT2D eigenvalue weighted by Gasteiger charge is 2.23. The number of carbonyl (C=O) groups excluding carboxylic acids is 1. The van der Waals surface area contributed by atoms with Crippen LogP contribution in [0.5, 0.6) is 5.75 Å². The van der Waals surface area contributed by atoms with Gasteiger partial charge in [-0.15, -0.1) is 0 Å². The van der Waals surface area contributed by atoms with Crippen LogP contribution in [0.1, 0.15) is 15.9 Å². The maximum absolute atomic E-state index is 13.0. The molecule has 0 bridgehead atoms. The zero-order valence-corrected chi connectivity index (χ0v) is 18.1. The predicted molar refractivity (Wildman–Crippen MR) is 117 cm³/mol. The zero-order valence-electron chi connectivity index (χ0n) is 17.3. The minimum absolute atomic E-state index is 0.0658. The third-order valence-electron chi connectivity index (χ3n) is 4.68. The number of non-ortho nitro benzene ring substituents is 1. The topological polar surface area (TPSA) is 116 Å². The van der Waals surface area contributed by atoms with Gasteiger partial charge in [-0.05, 0) is 60.2 Å². The lowest BCUT2D eigenvalue weighted by Crippen LogP contribution is -2.26. The fraction of sp³-hybridized carbons (Fsp3) is 0.136. The molecule has 0 unspecified atom stereocenters. The van der Waals surface area contributed by atoms with Gasteiger partial charge in [-0.3, -0.25) is 14.4 Å². The summed E-state index contributed by atoms with van der Waals surface area (Å²) in [4.78, 5) is 22.5. The van der Waals surface area contributed by atoms with Crippen molar-refractivity contribution in [2.45, 2.75) is 11.5 Å². The summed E-state index contributed by atoms with van der Waals surface area (Å²) in [6.45, 7) is -0.112. The molecule has 0 aliphatic rings. The van der Waals surface area contributed by atoms with Crippen molar-refractivity contribution in [2.75, 3.05) is 18.5 Å². The molecule has 0 aliphatic heterocycles. The van der Waals surface area contributed by atoms with E-state index >= 15 is 0 Å². The lowest BCUT2D eigenvalue weighted by Gasteiger charge is -2.20. The predicted octanol–water partition coefficient (Wildman–Crippen LogP) is 3.79. The lowest BCUT2D eigenvalue weighted by atomic mass is 10.2. The molecular weight excluding hydrogens is 436 g/mol. The molecule has 3 aromatic rings. The number of sulfonamides is 1. The fourth-order valence-electron chi connectivity index (χ4n) is 2.82. The first-order valence-electron chi connectivity index (χ1n) is 9.36. The highest BCUT2D eigenvalue weighted by atomic mass is 32.2. The van der Waals surface area contributed by atoms with Crippen LogP contribution in [0.3, 0.4) is 0 Å². The second-order valence-electron chi connectivity index (χ2n) is 6.70. The molecule has 0 amide bonds. The summed E-state index contributed by atoms with van der Waals surface area (Å²) in [6.07, 6.45) is 0. The van der Waals surface area contributed by atoms with Crippen LogP contribution >= 0.6 is 0 Å². The van der Waals surface area contributed by atoms with Crippen LogP contribution in [0.2, 0.25) is 0 Å². The number of anilines is 1. The number of carbonyl (C=O) groups is 1. The summed E-state index contributed by atoms with van der Waals surface area (Å²) in [5.41, 5.74) is 0.985. The molecule has 0 spiro atoms. The molecule has 0 atom stereocenters. The van der Waals surface area contributed by atoms with Crippen LogP contribution in [0.25, 0.3) is 0 Å². The fourth-order valence-corrected chi connectivity index (χ4v) is 4.06. The first-order chi connectivity index (χ1) is 15.2. The average Bonchev–Trinajstić information content (AvgIpc) is 2.82. The lowest BCUT2D eigenvalue weighted by molar-refractivity contribution is -0.384. The molecule has 0 fully saturated rings. The van der Waals surface area contributed by atoms with E-state index in [4.69, 9.17) is 9.47 Å². The number of benzene rings is 3. The second-order valence-corrected chi connectivity index (χ2v) is 8.67. The maximum Gasteiger partial charge on any atom is 0.338 e. The molecule has 166 valence electrons. The SMILES string of the molecule is COc1ccc(N(C)S(=O)(=O)c2cccc(C(=O)OCc3ccc([N+](=O)[O-])cc3)c2)cc1. The van der Waals surface area contributed by atoms with Crippen molar-refractivity contribution in [2.24, 2.45) is 0 Å². The number of rotatable bonds is 8. The molecular formula is C22H20N2O7S.